The topological polar surface area (TPSA) is 87.5 Å². The predicted molar refractivity (Wildman–Crippen MR) is 80.2 cm³/mol. The van der Waals surface area contributed by atoms with Crippen LogP contribution in [0.5, 0.6) is 0 Å². The van der Waals surface area contributed by atoms with Crippen LogP contribution < -0.4 is 5.32 Å². The van der Waals surface area contributed by atoms with Crippen LogP contribution in [-0.4, -0.2) is 50.3 Å². The first-order valence-electron chi connectivity index (χ1n) is 7.02. The van der Waals surface area contributed by atoms with E-state index >= 15 is 0 Å². The van der Waals surface area contributed by atoms with Crippen molar-refractivity contribution in [1.29, 1.82) is 0 Å². The molecule has 0 unspecified atom stereocenters. The number of carboxylic acids is 1. The third-order valence-corrected chi connectivity index (χ3v) is 3.46. The van der Waals surface area contributed by atoms with Gasteiger partial charge in [0.2, 0.25) is 5.91 Å². The van der Waals surface area contributed by atoms with Crippen molar-refractivity contribution in [1.82, 2.24) is 14.7 Å². The molecule has 0 spiro atoms. The van der Waals surface area contributed by atoms with Crippen LogP contribution in [0.25, 0.3) is 0 Å². The van der Waals surface area contributed by atoms with Crippen LogP contribution in [-0.2, 0) is 9.59 Å². The van der Waals surface area contributed by atoms with Gasteiger partial charge in [-0.25, -0.2) is 4.68 Å². The Morgan fingerprint density at radius 2 is 2.10 bits per heavy atom. The summed E-state index contributed by atoms with van der Waals surface area (Å²) in [6.07, 6.45) is 1.62. The molecule has 1 aromatic heterocycles. The molecule has 0 bridgehead atoms. The van der Waals surface area contributed by atoms with Gasteiger partial charge in [0.1, 0.15) is 11.4 Å². The van der Waals surface area contributed by atoms with Gasteiger partial charge in [0.15, 0.2) is 0 Å². The molecule has 118 valence electrons. The lowest BCUT2D eigenvalue weighted by molar-refractivity contribution is -0.149. The summed E-state index contributed by atoms with van der Waals surface area (Å²) < 4.78 is 1.70. The summed E-state index contributed by atoms with van der Waals surface area (Å²) in [4.78, 5) is 25.0. The number of carbonyl (C=O) groups excluding carboxylic acids is 1. The standard InChI is InChI=1S/C14H24N4O3/c1-6-17(14(4,5)13(20)21)9-12(19)16-11-7-8-15-18(11)10(2)3/h7-8,10H,6,9H2,1-5H3,(H,16,19)(H,20,21). The van der Waals surface area contributed by atoms with E-state index < -0.39 is 11.5 Å². The van der Waals surface area contributed by atoms with Crippen LogP contribution in [0.15, 0.2) is 12.3 Å². The molecule has 21 heavy (non-hydrogen) atoms. The van der Waals surface area contributed by atoms with Gasteiger partial charge in [0.05, 0.1) is 12.7 Å². The van der Waals surface area contributed by atoms with Crippen molar-refractivity contribution in [2.75, 3.05) is 18.4 Å². The minimum Gasteiger partial charge on any atom is -0.480 e. The monoisotopic (exact) mass is 296 g/mol. The summed E-state index contributed by atoms with van der Waals surface area (Å²) in [6.45, 7) is 9.42. The molecule has 0 fully saturated rings. The van der Waals surface area contributed by atoms with E-state index in [-0.39, 0.29) is 18.5 Å². The zero-order valence-electron chi connectivity index (χ0n) is 13.3. The van der Waals surface area contributed by atoms with E-state index in [2.05, 4.69) is 10.4 Å². The molecule has 0 radical (unpaired) electrons. The average molecular weight is 296 g/mol. The Hall–Kier alpha value is -1.89. The van der Waals surface area contributed by atoms with Gasteiger partial charge in [-0.05, 0) is 34.2 Å². The molecule has 1 aromatic rings. The fourth-order valence-electron chi connectivity index (χ4n) is 2.02. The zero-order valence-corrected chi connectivity index (χ0v) is 13.3. The Kier molecular flexibility index (Phi) is 5.48. The Morgan fingerprint density at radius 1 is 1.48 bits per heavy atom. The molecular weight excluding hydrogens is 272 g/mol. The summed E-state index contributed by atoms with van der Waals surface area (Å²) in [7, 11) is 0. The van der Waals surface area contributed by atoms with Crippen LogP contribution in [0.4, 0.5) is 5.82 Å². The first-order chi connectivity index (χ1) is 9.70. The molecule has 0 saturated carbocycles. The summed E-state index contributed by atoms with van der Waals surface area (Å²) in [6, 6.07) is 1.85. The maximum atomic E-state index is 12.1. The number of hydrogen-bond donors (Lipinski definition) is 2. The zero-order chi connectivity index (χ0) is 16.2. The van der Waals surface area contributed by atoms with Crippen molar-refractivity contribution < 1.29 is 14.7 Å². The Balaban J connectivity index is 2.76. The molecule has 0 aliphatic rings. The van der Waals surface area contributed by atoms with Crippen LogP contribution in [0.3, 0.4) is 0 Å². The summed E-state index contributed by atoms with van der Waals surface area (Å²) in [5.74, 6) is -0.600. The molecule has 7 nitrogen and oxygen atoms in total. The molecule has 1 heterocycles. The number of nitrogens with zero attached hydrogens (tertiary/aromatic N) is 3. The van der Waals surface area contributed by atoms with Gasteiger partial charge >= 0.3 is 5.97 Å². The van der Waals surface area contributed by atoms with E-state index in [1.165, 1.54) is 0 Å². The number of rotatable bonds is 7. The number of hydrogen-bond acceptors (Lipinski definition) is 4. The first-order valence-corrected chi connectivity index (χ1v) is 7.02. The molecule has 2 N–H and O–H groups in total. The van der Waals surface area contributed by atoms with E-state index in [1.807, 2.05) is 20.8 Å². The fourth-order valence-corrected chi connectivity index (χ4v) is 2.02. The largest absolute Gasteiger partial charge is 0.480 e. The van der Waals surface area contributed by atoms with Crippen molar-refractivity contribution >= 4 is 17.7 Å². The molecular formula is C14H24N4O3. The molecule has 0 aliphatic heterocycles. The second-order valence-corrected chi connectivity index (χ2v) is 5.68. The van der Waals surface area contributed by atoms with Gasteiger partial charge in [-0.3, -0.25) is 14.5 Å². The molecule has 1 amide bonds. The van der Waals surface area contributed by atoms with Crippen molar-refractivity contribution in [3.63, 3.8) is 0 Å². The predicted octanol–water partition coefficient (Wildman–Crippen LogP) is 1.59. The highest BCUT2D eigenvalue weighted by atomic mass is 16.4. The number of likely N-dealkylation sites (N-methyl/N-ethyl adjacent to an activating group) is 1. The minimum absolute atomic E-state index is 0.0130. The molecule has 7 heteroatoms. The van der Waals surface area contributed by atoms with Gasteiger partial charge in [-0.1, -0.05) is 6.92 Å². The van der Waals surface area contributed by atoms with Crippen LogP contribution in [0.2, 0.25) is 0 Å². The number of anilines is 1. The molecule has 0 aromatic carbocycles. The fraction of sp³-hybridized carbons (Fsp3) is 0.643. The maximum Gasteiger partial charge on any atom is 0.323 e. The van der Waals surface area contributed by atoms with E-state index in [9.17, 15) is 14.7 Å². The number of carboxylic acid groups (broad SMARTS) is 1. The average Bonchev–Trinajstić information content (AvgIpc) is 2.83. The lowest BCUT2D eigenvalue weighted by Crippen LogP contribution is -2.52. The van der Waals surface area contributed by atoms with Crippen LogP contribution in [0.1, 0.15) is 40.7 Å². The van der Waals surface area contributed by atoms with Gasteiger partial charge in [-0.2, -0.15) is 5.10 Å². The summed E-state index contributed by atoms with van der Waals surface area (Å²) in [5.41, 5.74) is -1.09. The Labute approximate surface area is 124 Å². The van der Waals surface area contributed by atoms with E-state index in [4.69, 9.17) is 0 Å². The van der Waals surface area contributed by atoms with Crippen LogP contribution >= 0.6 is 0 Å². The maximum absolute atomic E-state index is 12.1. The second-order valence-electron chi connectivity index (χ2n) is 5.68. The van der Waals surface area contributed by atoms with Crippen LogP contribution in [0, 0.1) is 0 Å². The number of carbonyl (C=O) groups is 2. The SMILES string of the molecule is CCN(CC(=O)Nc1ccnn1C(C)C)C(C)(C)C(=O)O. The highest BCUT2D eigenvalue weighted by Crippen LogP contribution is 2.16. The van der Waals surface area contributed by atoms with Crippen molar-refractivity contribution in [2.45, 2.75) is 46.2 Å². The first kappa shape index (κ1) is 17.2. The molecule has 1 rings (SSSR count). The Morgan fingerprint density at radius 3 is 2.57 bits per heavy atom. The minimum atomic E-state index is -1.09. The van der Waals surface area contributed by atoms with Gasteiger partial charge in [0, 0.05) is 12.1 Å². The van der Waals surface area contributed by atoms with E-state index in [0.717, 1.165) is 0 Å². The van der Waals surface area contributed by atoms with Gasteiger partial charge in [-0.15, -0.1) is 0 Å². The quantitative estimate of drug-likeness (QED) is 0.797. The molecule has 0 saturated heterocycles. The van der Waals surface area contributed by atoms with Gasteiger partial charge in [0.25, 0.3) is 0 Å². The highest BCUT2D eigenvalue weighted by molar-refractivity contribution is 5.92. The number of nitrogens with one attached hydrogen (secondary N) is 1. The van der Waals surface area contributed by atoms with Crippen molar-refractivity contribution in [3.8, 4) is 0 Å². The van der Waals surface area contributed by atoms with Gasteiger partial charge < -0.3 is 10.4 Å². The number of aromatic nitrogens is 2. The number of aliphatic carboxylic acids is 1. The van der Waals surface area contributed by atoms with E-state index in [1.54, 1.807) is 35.7 Å². The lowest BCUT2D eigenvalue weighted by Gasteiger charge is -2.33. The summed E-state index contributed by atoms with van der Waals surface area (Å²) in [5, 5.41) is 16.2. The van der Waals surface area contributed by atoms with Crippen molar-refractivity contribution in [2.24, 2.45) is 0 Å². The lowest BCUT2D eigenvalue weighted by atomic mass is 10.0. The number of amides is 1. The normalized spacial score (nSPS) is 12.0. The third-order valence-electron chi connectivity index (χ3n) is 3.46. The van der Waals surface area contributed by atoms with E-state index in [0.29, 0.717) is 12.4 Å². The third kappa shape index (κ3) is 4.04. The smallest absolute Gasteiger partial charge is 0.323 e. The molecule has 0 atom stereocenters. The summed E-state index contributed by atoms with van der Waals surface area (Å²) >= 11 is 0. The molecule has 0 aliphatic carbocycles. The van der Waals surface area contributed by atoms with Crippen molar-refractivity contribution in [3.05, 3.63) is 12.3 Å². The second kappa shape index (κ2) is 6.71. The highest BCUT2D eigenvalue weighted by Gasteiger charge is 2.34. The Bertz CT molecular complexity index is 508.